The second kappa shape index (κ2) is 10.6. The minimum absolute atomic E-state index is 0.0133. The van der Waals surface area contributed by atoms with E-state index in [9.17, 15) is 22.8 Å². The van der Waals surface area contributed by atoms with Gasteiger partial charge in [-0.3, -0.25) is 0 Å². The van der Waals surface area contributed by atoms with Gasteiger partial charge in [0.15, 0.2) is 0 Å². The molecule has 0 saturated heterocycles. The number of nitrogens with zero attached hydrogens (tertiary/aromatic N) is 1. The summed E-state index contributed by atoms with van der Waals surface area (Å²) in [4.78, 5) is 26.2. The van der Waals surface area contributed by atoms with Crippen LogP contribution in [0.4, 0.5) is 23.7 Å². The quantitative estimate of drug-likeness (QED) is 0.459. The fourth-order valence-corrected chi connectivity index (χ4v) is 4.50. The molecule has 6 nitrogen and oxygen atoms in total. The number of halogens is 3. The normalized spacial score (nSPS) is 18.6. The van der Waals surface area contributed by atoms with Crippen molar-refractivity contribution >= 4 is 17.7 Å². The molecule has 0 heterocycles. The number of urea groups is 1. The number of carboxylic acid groups (broad SMARTS) is 1. The van der Waals surface area contributed by atoms with Crippen molar-refractivity contribution in [3.8, 4) is 5.75 Å². The van der Waals surface area contributed by atoms with E-state index in [0.29, 0.717) is 11.6 Å². The molecule has 2 aromatic carbocycles. The van der Waals surface area contributed by atoms with E-state index in [-0.39, 0.29) is 35.3 Å². The van der Waals surface area contributed by atoms with E-state index in [1.165, 1.54) is 24.3 Å². The monoisotopic (exact) mass is 492 g/mol. The number of benzene rings is 2. The van der Waals surface area contributed by atoms with Gasteiger partial charge in [-0.25, -0.2) is 9.59 Å². The SMILES string of the molecule is CC(C)(C)C1CCC(N(Cc2ccc(C(=O)O)cc2)C(=O)Nc2ccc(OC(F)(F)F)cc2)CC1. The molecule has 3 rings (SSSR count). The minimum atomic E-state index is -4.79. The summed E-state index contributed by atoms with van der Waals surface area (Å²) in [7, 11) is 0. The van der Waals surface area contributed by atoms with Gasteiger partial charge < -0.3 is 20.1 Å². The molecule has 1 saturated carbocycles. The molecule has 35 heavy (non-hydrogen) atoms. The maximum absolute atomic E-state index is 13.3. The zero-order valence-corrected chi connectivity index (χ0v) is 20.1. The molecule has 190 valence electrons. The predicted octanol–water partition coefficient (Wildman–Crippen LogP) is 6.92. The van der Waals surface area contributed by atoms with E-state index in [1.807, 2.05) is 0 Å². The van der Waals surface area contributed by atoms with Gasteiger partial charge in [0, 0.05) is 18.3 Å². The van der Waals surface area contributed by atoms with Crippen molar-refractivity contribution in [1.82, 2.24) is 4.90 Å². The summed E-state index contributed by atoms with van der Waals surface area (Å²) in [5.41, 5.74) is 1.48. The highest BCUT2D eigenvalue weighted by atomic mass is 19.4. The summed E-state index contributed by atoms with van der Waals surface area (Å²) in [6.45, 7) is 6.95. The number of hydrogen-bond acceptors (Lipinski definition) is 3. The number of carbonyl (C=O) groups is 2. The van der Waals surface area contributed by atoms with Crippen LogP contribution < -0.4 is 10.1 Å². The van der Waals surface area contributed by atoms with Gasteiger partial charge in [-0.2, -0.15) is 0 Å². The summed E-state index contributed by atoms with van der Waals surface area (Å²) in [5, 5.41) is 11.9. The number of ether oxygens (including phenoxy) is 1. The Balaban J connectivity index is 1.75. The van der Waals surface area contributed by atoms with Crippen LogP contribution in [0.2, 0.25) is 0 Å². The minimum Gasteiger partial charge on any atom is -0.478 e. The van der Waals surface area contributed by atoms with Gasteiger partial charge in [-0.1, -0.05) is 32.9 Å². The lowest BCUT2D eigenvalue weighted by atomic mass is 9.71. The van der Waals surface area contributed by atoms with Crippen LogP contribution in [0.5, 0.6) is 5.75 Å². The van der Waals surface area contributed by atoms with Gasteiger partial charge in [0.05, 0.1) is 5.56 Å². The molecule has 0 atom stereocenters. The molecule has 1 aliphatic rings. The Hall–Kier alpha value is -3.23. The van der Waals surface area contributed by atoms with Crippen molar-refractivity contribution in [2.24, 2.45) is 11.3 Å². The highest BCUT2D eigenvalue weighted by Gasteiger charge is 2.34. The largest absolute Gasteiger partial charge is 0.573 e. The summed E-state index contributed by atoms with van der Waals surface area (Å²) < 4.78 is 41.1. The molecule has 0 unspecified atom stereocenters. The third-order valence-corrected chi connectivity index (χ3v) is 6.52. The third-order valence-electron chi connectivity index (χ3n) is 6.52. The average Bonchev–Trinajstić information content (AvgIpc) is 2.77. The van der Waals surface area contributed by atoms with E-state index in [0.717, 1.165) is 43.4 Å². The van der Waals surface area contributed by atoms with Crippen LogP contribution in [0.15, 0.2) is 48.5 Å². The molecule has 1 aliphatic carbocycles. The average molecular weight is 493 g/mol. The van der Waals surface area contributed by atoms with Gasteiger partial charge in [0.1, 0.15) is 5.75 Å². The number of alkyl halides is 3. The molecule has 9 heteroatoms. The number of carbonyl (C=O) groups excluding carboxylic acids is 1. The van der Waals surface area contributed by atoms with Crippen molar-refractivity contribution in [3.63, 3.8) is 0 Å². The van der Waals surface area contributed by atoms with Crippen LogP contribution in [0, 0.1) is 11.3 Å². The van der Waals surface area contributed by atoms with E-state index >= 15 is 0 Å². The zero-order valence-electron chi connectivity index (χ0n) is 20.1. The lowest BCUT2D eigenvalue weighted by Gasteiger charge is -2.41. The molecule has 0 radical (unpaired) electrons. The van der Waals surface area contributed by atoms with E-state index in [1.54, 1.807) is 17.0 Å². The number of anilines is 1. The Bertz CT molecular complexity index is 1010. The van der Waals surface area contributed by atoms with Gasteiger partial charge in [-0.15, -0.1) is 13.2 Å². The van der Waals surface area contributed by atoms with Crippen molar-refractivity contribution < 1.29 is 32.6 Å². The van der Waals surface area contributed by atoms with E-state index in [2.05, 4.69) is 30.8 Å². The Kier molecular flexibility index (Phi) is 7.97. The first-order valence-corrected chi connectivity index (χ1v) is 11.6. The Labute approximate surface area is 203 Å². The Morgan fingerprint density at radius 1 is 0.971 bits per heavy atom. The predicted molar refractivity (Wildman–Crippen MR) is 126 cm³/mol. The van der Waals surface area contributed by atoms with Gasteiger partial charge >= 0.3 is 18.4 Å². The Morgan fingerprint density at radius 3 is 2.03 bits per heavy atom. The molecule has 0 aromatic heterocycles. The van der Waals surface area contributed by atoms with Crippen molar-refractivity contribution in [3.05, 3.63) is 59.7 Å². The zero-order chi connectivity index (χ0) is 25.8. The Morgan fingerprint density at radius 2 is 1.54 bits per heavy atom. The van der Waals surface area contributed by atoms with Crippen LogP contribution in [-0.4, -0.2) is 34.4 Å². The lowest BCUT2D eigenvalue weighted by molar-refractivity contribution is -0.274. The van der Waals surface area contributed by atoms with Crippen LogP contribution in [-0.2, 0) is 6.54 Å². The molecule has 0 aliphatic heterocycles. The van der Waals surface area contributed by atoms with Gasteiger partial charge in [-0.05, 0) is 79.0 Å². The second-order valence-electron chi connectivity index (χ2n) is 10.0. The van der Waals surface area contributed by atoms with Crippen LogP contribution in [0.25, 0.3) is 0 Å². The topological polar surface area (TPSA) is 78.9 Å². The molecule has 2 N–H and O–H groups in total. The molecule has 1 fully saturated rings. The van der Waals surface area contributed by atoms with E-state index in [4.69, 9.17) is 5.11 Å². The van der Waals surface area contributed by atoms with E-state index < -0.39 is 12.3 Å². The molecule has 0 bridgehead atoms. The fraction of sp³-hybridized carbons (Fsp3) is 0.462. The maximum Gasteiger partial charge on any atom is 0.573 e. The number of nitrogens with one attached hydrogen (secondary N) is 1. The number of rotatable bonds is 6. The number of carboxylic acids is 1. The van der Waals surface area contributed by atoms with Crippen molar-refractivity contribution in [2.75, 3.05) is 5.32 Å². The van der Waals surface area contributed by atoms with Crippen LogP contribution in [0.1, 0.15) is 62.4 Å². The highest BCUT2D eigenvalue weighted by Crippen LogP contribution is 2.39. The van der Waals surface area contributed by atoms with Gasteiger partial charge in [0.25, 0.3) is 0 Å². The smallest absolute Gasteiger partial charge is 0.478 e. The molecule has 2 aromatic rings. The third kappa shape index (κ3) is 7.63. The summed E-state index contributed by atoms with van der Waals surface area (Å²) in [6, 6.07) is 11.0. The second-order valence-corrected chi connectivity index (χ2v) is 10.0. The first kappa shape index (κ1) is 26.4. The summed E-state index contributed by atoms with van der Waals surface area (Å²) in [5.74, 6) is -0.837. The van der Waals surface area contributed by atoms with Crippen LogP contribution in [0.3, 0.4) is 0 Å². The standard InChI is InChI=1S/C26H31F3N2O4/c1-25(2,3)19-8-12-21(13-9-19)31(16-17-4-6-18(7-5-17)23(32)33)24(34)30-20-10-14-22(15-11-20)35-26(27,28)29/h4-7,10-11,14-15,19,21H,8-9,12-13,16H2,1-3H3,(H,30,34)(H,32,33). The molecule has 0 spiro atoms. The molecule has 2 amide bonds. The van der Waals surface area contributed by atoms with Crippen LogP contribution >= 0.6 is 0 Å². The highest BCUT2D eigenvalue weighted by molar-refractivity contribution is 5.90. The molecular weight excluding hydrogens is 461 g/mol. The number of aromatic carboxylic acids is 1. The number of amides is 2. The molecular formula is C26H31F3N2O4. The summed E-state index contributed by atoms with van der Waals surface area (Å²) >= 11 is 0. The van der Waals surface area contributed by atoms with Crippen molar-refractivity contribution in [1.29, 1.82) is 0 Å². The fourth-order valence-electron chi connectivity index (χ4n) is 4.50. The van der Waals surface area contributed by atoms with Crippen molar-refractivity contribution in [2.45, 2.75) is 65.4 Å². The van der Waals surface area contributed by atoms with Gasteiger partial charge in [0.2, 0.25) is 0 Å². The first-order valence-electron chi connectivity index (χ1n) is 11.6. The summed E-state index contributed by atoms with van der Waals surface area (Å²) in [6.07, 6.45) is -1.15. The maximum atomic E-state index is 13.3. The first-order chi connectivity index (χ1) is 16.3. The lowest BCUT2D eigenvalue weighted by Crippen LogP contribution is -2.45. The number of hydrogen-bond donors (Lipinski definition) is 2.